The first-order valence-corrected chi connectivity index (χ1v) is 12.2. The van der Waals surface area contributed by atoms with Crippen molar-refractivity contribution < 1.29 is 44.7 Å². The van der Waals surface area contributed by atoms with Gasteiger partial charge in [0.05, 0.1) is 18.2 Å². The molecule has 0 amide bonds. The Labute approximate surface area is 229 Å². The zero-order chi connectivity index (χ0) is 30.9. The number of carbonyl (C=O) groups excluding carboxylic acids is 1. The number of rotatable bonds is 3. The maximum absolute atomic E-state index is 14.0. The van der Waals surface area contributed by atoms with Crippen LogP contribution in [0, 0.1) is 17.8 Å². The summed E-state index contributed by atoms with van der Waals surface area (Å²) in [5, 5.41) is 0. The van der Waals surface area contributed by atoms with Gasteiger partial charge in [-0.05, 0) is 56.2 Å². The van der Waals surface area contributed by atoms with E-state index in [1.165, 1.54) is 38.3 Å². The Balaban J connectivity index is 0.000000616. The highest BCUT2D eigenvalue weighted by atomic mass is 19.4. The Morgan fingerprint density at radius 2 is 1.35 bits per heavy atom. The molecule has 11 heteroatoms. The number of terminal acetylenes is 1. The number of carbonyl (C=O) groups is 1. The Kier molecular flexibility index (Phi) is 12.2. The van der Waals surface area contributed by atoms with Crippen LogP contribution in [-0.4, -0.2) is 30.4 Å². The number of ether oxygens (including phenoxy) is 1. The van der Waals surface area contributed by atoms with Crippen molar-refractivity contribution in [1.82, 2.24) is 4.90 Å². The van der Waals surface area contributed by atoms with Gasteiger partial charge in [0.15, 0.2) is 0 Å². The Bertz CT molecular complexity index is 1110. The van der Waals surface area contributed by atoms with Crippen LogP contribution in [-0.2, 0) is 28.4 Å². The largest absolute Gasteiger partial charge is 0.469 e. The molecular weight excluding hydrogens is 546 g/mol. The summed E-state index contributed by atoms with van der Waals surface area (Å²) >= 11 is 0. The monoisotopic (exact) mass is 579 g/mol. The first-order valence-electron chi connectivity index (χ1n) is 12.2. The second kappa shape index (κ2) is 14.0. The molecule has 0 saturated carbocycles. The minimum atomic E-state index is -4.53. The van der Waals surface area contributed by atoms with E-state index in [-0.39, 0.29) is 24.5 Å². The lowest BCUT2D eigenvalue weighted by atomic mass is 9.91. The highest BCUT2D eigenvalue weighted by Gasteiger charge is 2.41. The maximum atomic E-state index is 14.0. The summed E-state index contributed by atoms with van der Waals surface area (Å²) in [7, 11) is 1.35. The van der Waals surface area contributed by atoms with E-state index in [1.54, 1.807) is 4.90 Å². The highest BCUT2D eigenvalue weighted by Crippen LogP contribution is 2.41. The van der Waals surface area contributed by atoms with Crippen LogP contribution in [0.2, 0.25) is 0 Å². The predicted octanol–water partition coefficient (Wildman–Crippen LogP) is 8.54. The first kappa shape index (κ1) is 34.9. The van der Waals surface area contributed by atoms with Crippen LogP contribution in [0.5, 0.6) is 0 Å². The van der Waals surface area contributed by atoms with Crippen LogP contribution < -0.4 is 0 Å². The van der Waals surface area contributed by atoms with Crippen LogP contribution in [0.25, 0.3) is 0 Å². The molecule has 3 rings (SSSR count). The van der Waals surface area contributed by atoms with Gasteiger partial charge in [0.1, 0.15) is 0 Å². The summed E-state index contributed by atoms with van der Waals surface area (Å²) in [5.74, 6) is -0.609. The zero-order valence-corrected chi connectivity index (χ0v) is 22.9. The average Bonchev–Trinajstić information content (AvgIpc) is 2.84. The molecule has 40 heavy (non-hydrogen) atoms. The van der Waals surface area contributed by atoms with E-state index in [9.17, 15) is 39.9 Å². The molecule has 0 N–H and O–H groups in total. The van der Waals surface area contributed by atoms with Crippen molar-refractivity contribution in [2.24, 2.45) is 5.41 Å². The third-order valence-electron chi connectivity index (χ3n) is 5.71. The van der Waals surface area contributed by atoms with Crippen molar-refractivity contribution in [3.05, 3.63) is 70.8 Å². The van der Waals surface area contributed by atoms with E-state index in [0.717, 1.165) is 24.3 Å². The Morgan fingerprint density at radius 1 is 0.950 bits per heavy atom. The number of alkyl halides is 8. The lowest BCUT2D eigenvalue weighted by molar-refractivity contribution is -0.138. The number of piperidine rings is 1. The van der Waals surface area contributed by atoms with Crippen LogP contribution in [0.3, 0.4) is 0 Å². The van der Waals surface area contributed by atoms with Crippen molar-refractivity contribution in [3.8, 4) is 12.3 Å². The highest BCUT2D eigenvalue weighted by molar-refractivity contribution is 5.65. The molecule has 1 saturated heterocycles. The maximum Gasteiger partial charge on any atom is 0.416 e. The van der Waals surface area contributed by atoms with Gasteiger partial charge in [-0.15, -0.1) is 12.3 Å². The van der Waals surface area contributed by atoms with Crippen molar-refractivity contribution in [3.63, 3.8) is 0 Å². The zero-order valence-electron chi connectivity index (χ0n) is 22.9. The topological polar surface area (TPSA) is 29.5 Å². The molecule has 222 valence electrons. The number of benzene rings is 2. The van der Waals surface area contributed by atoms with Gasteiger partial charge in [0.25, 0.3) is 5.92 Å². The lowest BCUT2D eigenvalue weighted by Crippen LogP contribution is -2.41. The van der Waals surface area contributed by atoms with E-state index >= 15 is 0 Å². The molecule has 1 unspecified atom stereocenters. The van der Waals surface area contributed by atoms with Gasteiger partial charge in [0.2, 0.25) is 0 Å². The predicted molar refractivity (Wildman–Crippen MR) is 136 cm³/mol. The SMILES string of the molecule is C#CC(C)(C)C.COC(C)=O.FC1(F)CCN(Cc2ccc(C(F)(F)F)cc2)C(c2ccc(C(F)(F)F)cc2)C1. The molecule has 0 bridgehead atoms. The summed E-state index contributed by atoms with van der Waals surface area (Å²) in [4.78, 5) is 11.2. The number of likely N-dealkylation sites (tertiary alicyclic amines) is 1. The smallest absolute Gasteiger partial charge is 0.416 e. The molecule has 1 heterocycles. The third kappa shape index (κ3) is 12.4. The second-order valence-electron chi connectivity index (χ2n) is 10.2. The number of hydrogen-bond acceptors (Lipinski definition) is 3. The van der Waals surface area contributed by atoms with Crippen molar-refractivity contribution in [1.29, 1.82) is 0 Å². The molecule has 1 fully saturated rings. The number of nitrogens with zero attached hydrogens (tertiary/aromatic N) is 1. The molecule has 3 nitrogen and oxygen atoms in total. The Hall–Kier alpha value is -3.13. The fraction of sp³-hybridized carbons (Fsp3) is 0.483. The van der Waals surface area contributed by atoms with Crippen molar-refractivity contribution in [2.75, 3.05) is 13.7 Å². The quantitative estimate of drug-likeness (QED) is 0.207. The van der Waals surface area contributed by atoms with Gasteiger partial charge in [-0.2, -0.15) is 26.3 Å². The average molecular weight is 580 g/mol. The Morgan fingerprint density at radius 3 is 1.70 bits per heavy atom. The van der Waals surface area contributed by atoms with Crippen LogP contribution in [0.1, 0.15) is 68.8 Å². The molecule has 1 aliphatic heterocycles. The summed E-state index contributed by atoms with van der Waals surface area (Å²) < 4.78 is 108. The van der Waals surface area contributed by atoms with Gasteiger partial charge in [0, 0.05) is 44.3 Å². The van der Waals surface area contributed by atoms with E-state index < -0.39 is 48.3 Å². The van der Waals surface area contributed by atoms with E-state index in [1.807, 2.05) is 20.8 Å². The van der Waals surface area contributed by atoms with E-state index in [2.05, 4.69) is 10.7 Å². The fourth-order valence-electron chi connectivity index (χ4n) is 3.42. The van der Waals surface area contributed by atoms with Crippen LogP contribution in [0.4, 0.5) is 35.1 Å². The van der Waals surface area contributed by atoms with Gasteiger partial charge >= 0.3 is 18.3 Å². The molecule has 2 aromatic carbocycles. The lowest BCUT2D eigenvalue weighted by Gasteiger charge is -2.39. The summed E-state index contributed by atoms with van der Waals surface area (Å²) in [6, 6.07) is 7.59. The van der Waals surface area contributed by atoms with Gasteiger partial charge in [-0.25, -0.2) is 8.78 Å². The van der Waals surface area contributed by atoms with Crippen LogP contribution >= 0.6 is 0 Å². The summed E-state index contributed by atoms with van der Waals surface area (Å²) in [6.07, 6.45) is -4.95. The standard InChI is InChI=1S/C20H17F8N.C6H10.C3H6O2/c21-18(22)9-10-29(12-13-1-5-15(6-2-13)19(23,24)25)17(11-18)14-3-7-16(8-4-14)20(26,27)28;1-5-6(2,3)4;1-3(4)5-2/h1-8,17H,9-12H2;1H,2-4H3;1-2H3. The van der Waals surface area contributed by atoms with Gasteiger partial charge in [-0.1, -0.05) is 24.3 Å². The van der Waals surface area contributed by atoms with E-state index in [0.29, 0.717) is 11.1 Å². The van der Waals surface area contributed by atoms with E-state index in [4.69, 9.17) is 6.42 Å². The second-order valence-corrected chi connectivity index (χ2v) is 10.2. The van der Waals surface area contributed by atoms with Gasteiger partial charge < -0.3 is 4.74 Å². The molecule has 1 atom stereocenters. The molecule has 0 aromatic heterocycles. The number of esters is 1. The summed E-state index contributed by atoms with van der Waals surface area (Å²) in [6.45, 7) is 7.46. The van der Waals surface area contributed by atoms with Gasteiger partial charge in [-0.3, -0.25) is 9.69 Å². The molecule has 0 aliphatic carbocycles. The normalized spacial score (nSPS) is 17.4. The van der Waals surface area contributed by atoms with Crippen LogP contribution in [0.15, 0.2) is 48.5 Å². The third-order valence-corrected chi connectivity index (χ3v) is 5.71. The van der Waals surface area contributed by atoms with Crippen molar-refractivity contribution in [2.45, 2.75) is 71.4 Å². The molecular formula is C29H33F8NO2. The number of halogens is 8. The van der Waals surface area contributed by atoms with Crippen molar-refractivity contribution >= 4 is 5.97 Å². The molecule has 0 spiro atoms. The molecule has 2 aromatic rings. The molecule has 0 radical (unpaired) electrons. The first-order chi connectivity index (χ1) is 18.2. The fourth-order valence-corrected chi connectivity index (χ4v) is 3.42. The summed E-state index contributed by atoms with van der Waals surface area (Å²) in [5.41, 5.74) is -0.812. The minimum absolute atomic E-state index is 0.0281. The molecule has 1 aliphatic rings. The number of methoxy groups -OCH3 is 1. The number of hydrogen-bond donors (Lipinski definition) is 0. The minimum Gasteiger partial charge on any atom is -0.469 e.